The number of H-pyrrole nitrogens is 1. The fourth-order valence-corrected chi connectivity index (χ4v) is 3.49. The number of fused-ring (bicyclic) bond motifs is 1. The SMILES string of the molecule is Cc1nc2cc(CC(=O)N3CCCN(C(=O)c4cc[nH]c4)CC3)ccc2o1. The first-order valence-electron chi connectivity index (χ1n) is 9.16. The van der Waals surface area contributed by atoms with Gasteiger partial charge in [-0.3, -0.25) is 9.59 Å². The first-order valence-corrected chi connectivity index (χ1v) is 9.16. The van der Waals surface area contributed by atoms with Crippen LogP contribution in [-0.2, 0) is 11.2 Å². The molecule has 7 nitrogen and oxygen atoms in total. The Kier molecular flexibility index (Phi) is 4.66. The number of aryl methyl sites for hydroxylation is 1. The van der Waals surface area contributed by atoms with Gasteiger partial charge in [-0.05, 0) is 30.2 Å². The van der Waals surface area contributed by atoms with E-state index in [2.05, 4.69) is 9.97 Å². The molecule has 2 aromatic heterocycles. The van der Waals surface area contributed by atoms with Gasteiger partial charge >= 0.3 is 0 Å². The van der Waals surface area contributed by atoms with E-state index in [1.54, 1.807) is 18.5 Å². The summed E-state index contributed by atoms with van der Waals surface area (Å²) in [7, 11) is 0. The highest BCUT2D eigenvalue weighted by Crippen LogP contribution is 2.18. The topological polar surface area (TPSA) is 82.4 Å². The van der Waals surface area contributed by atoms with Gasteiger partial charge in [-0.15, -0.1) is 0 Å². The molecule has 140 valence electrons. The number of nitrogens with zero attached hydrogens (tertiary/aromatic N) is 3. The van der Waals surface area contributed by atoms with Crippen molar-refractivity contribution in [3.63, 3.8) is 0 Å². The Labute approximate surface area is 157 Å². The number of carbonyl (C=O) groups is 2. The number of hydrogen-bond acceptors (Lipinski definition) is 4. The van der Waals surface area contributed by atoms with Crippen LogP contribution in [0.4, 0.5) is 0 Å². The predicted octanol–water partition coefficient (Wildman–Crippen LogP) is 2.38. The molecule has 1 fully saturated rings. The zero-order valence-corrected chi connectivity index (χ0v) is 15.3. The van der Waals surface area contributed by atoms with Gasteiger partial charge in [-0.2, -0.15) is 0 Å². The zero-order valence-electron chi connectivity index (χ0n) is 15.3. The van der Waals surface area contributed by atoms with Crippen LogP contribution < -0.4 is 0 Å². The maximum atomic E-state index is 12.7. The van der Waals surface area contributed by atoms with Crippen LogP contribution >= 0.6 is 0 Å². The minimum atomic E-state index is 0.0115. The maximum Gasteiger partial charge on any atom is 0.255 e. The minimum Gasteiger partial charge on any atom is -0.441 e. The van der Waals surface area contributed by atoms with E-state index in [0.717, 1.165) is 23.1 Å². The highest BCUT2D eigenvalue weighted by atomic mass is 16.3. The molecule has 4 rings (SSSR count). The summed E-state index contributed by atoms with van der Waals surface area (Å²) in [5.74, 6) is 0.705. The van der Waals surface area contributed by atoms with Crippen molar-refractivity contribution < 1.29 is 14.0 Å². The number of aromatic amines is 1. The molecule has 3 heterocycles. The summed E-state index contributed by atoms with van der Waals surface area (Å²) in [5.41, 5.74) is 3.09. The van der Waals surface area contributed by atoms with Crippen molar-refractivity contribution in [1.82, 2.24) is 19.8 Å². The van der Waals surface area contributed by atoms with Crippen molar-refractivity contribution in [1.29, 1.82) is 0 Å². The van der Waals surface area contributed by atoms with Crippen molar-refractivity contribution in [3.05, 3.63) is 53.7 Å². The van der Waals surface area contributed by atoms with E-state index in [1.807, 2.05) is 34.9 Å². The molecule has 0 bridgehead atoms. The van der Waals surface area contributed by atoms with Gasteiger partial charge in [0.15, 0.2) is 11.5 Å². The van der Waals surface area contributed by atoms with E-state index in [4.69, 9.17) is 4.42 Å². The van der Waals surface area contributed by atoms with Crippen molar-refractivity contribution in [2.75, 3.05) is 26.2 Å². The molecule has 1 aliphatic rings. The van der Waals surface area contributed by atoms with E-state index in [0.29, 0.717) is 44.1 Å². The molecule has 0 saturated carbocycles. The second kappa shape index (κ2) is 7.26. The Morgan fingerprint density at radius 1 is 1.15 bits per heavy atom. The highest BCUT2D eigenvalue weighted by molar-refractivity contribution is 5.94. The lowest BCUT2D eigenvalue weighted by Crippen LogP contribution is -2.37. The van der Waals surface area contributed by atoms with E-state index >= 15 is 0 Å². The Balaban J connectivity index is 1.39. The average Bonchev–Trinajstić information content (AvgIpc) is 3.23. The summed E-state index contributed by atoms with van der Waals surface area (Å²) in [6.45, 7) is 4.25. The molecular weight excluding hydrogens is 344 g/mol. The van der Waals surface area contributed by atoms with Gasteiger partial charge < -0.3 is 19.2 Å². The molecule has 2 amide bonds. The molecule has 1 N–H and O–H groups in total. The predicted molar refractivity (Wildman–Crippen MR) is 100 cm³/mol. The van der Waals surface area contributed by atoms with E-state index in [-0.39, 0.29) is 11.8 Å². The molecule has 0 radical (unpaired) electrons. The first-order chi connectivity index (χ1) is 13.1. The van der Waals surface area contributed by atoms with Gasteiger partial charge in [-0.1, -0.05) is 6.07 Å². The third-order valence-corrected chi connectivity index (χ3v) is 4.89. The number of carbonyl (C=O) groups excluding carboxylic acids is 2. The smallest absolute Gasteiger partial charge is 0.255 e. The third-order valence-electron chi connectivity index (χ3n) is 4.89. The van der Waals surface area contributed by atoms with E-state index in [1.165, 1.54) is 0 Å². The fourth-order valence-electron chi connectivity index (χ4n) is 3.49. The van der Waals surface area contributed by atoms with Gasteiger partial charge in [0.25, 0.3) is 5.91 Å². The van der Waals surface area contributed by atoms with Gasteiger partial charge in [0.05, 0.1) is 12.0 Å². The highest BCUT2D eigenvalue weighted by Gasteiger charge is 2.23. The first kappa shape index (κ1) is 17.3. The summed E-state index contributed by atoms with van der Waals surface area (Å²) in [4.78, 5) is 36.1. The summed E-state index contributed by atoms with van der Waals surface area (Å²) in [6, 6.07) is 7.45. The number of rotatable bonds is 3. The van der Waals surface area contributed by atoms with E-state index < -0.39 is 0 Å². The van der Waals surface area contributed by atoms with Crippen molar-refractivity contribution in [2.24, 2.45) is 0 Å². The molecule has 0 spiro atoms. The van der Waals surface area contributed by atoms with Crippen LogP contribution in [0.3, 0.4) is 0 Å². The number of hydrogen-bond donors (Lipinski definition) is 1. The lowest BCUT2D eigenvalue weighted by atomic mass is 10.1. The zero-order chi connectivity index (χ0) is 18.8. The number of oxazole rings is 1. The molecule has 0 atom stereocenters. The van der Waals surface area contributed by atoms with Gasteiger partial charge in [0, 0.05) is 45.5 Å². The Hall–Kier alpha value is -3.09. The van der Waals surface area contributed by atoms with Crippen LogP contribution in [0.1, 0.15) is 28.2 Å². The fraction of sp³-hybridized carbons (Fsp3) is 0.350. The molecule has 0 aliphatic carbocycles. The molecular formula is C20H22N4O3. The van der Waals surface area contributed by atoms with Crippen LogP contribution in [0, 0.1) is 6.92 Å². The van der Waals surface area contributed by atoms with Crippen LogP contribution in [-0.4, -0.2) is 57.8 Å². The van der Waals surface area contributed by atoms with E-state index in [9.17, 15) is 9.59 Å². The summed E-state index contributed by atoms with van der Waals surface area (Å²) >= 11 is 0. The summed E-state index contributed by atoms with van der Waals surface area (Å²) in [5, 5.41) is 0. The summed E-state index contributed by atoms with van der Waals surface area (Å²) < 4.78 is 5.48. The lowest BCUT2D eigenvalue weighted by molar-refractivity contribution is -0.130. The molecule has 1 aromatic carbocycles. The molecule has 27 heavy (non-hydrogen) atoms. The minimum absolute atomic E-state index is 0.0115. The van der Waals surface area contributed by atoms with Crippen LogP contribution in [0.2, 0.25) is 0 Å². The maximum absolute atomic E-state index is 12.7. The molecule has 1 saturated heterocycles. The number of benzene rings is 1. The largest absolute Gasteiger partial charge is 0.441 e. The third kappa shape index (κ3) is 3.72. The Bertz CT molecular complexity index is 961. The van der Waals surface area contributed by atoms with Gasteiger partial charge in [0.2, 0.25) is 5.91 Å². The molecule has 1 aliphatic heterocycles. The quantitative estimate of drug-likeness (QED) is 0.772. The monoisotopic (exact) mass is 366 g/mol. The standard InChI is InChI=1S/C20H22N4O3/c1-14-22-17-11-15(3-4-18(17)27-14)12-19(25)23-7-2-8-24(10-9-23)20(26)16-5-6-21-13-16/h3-6,11,13,21H,2,7-10,12H2,1H3. The number of nitrogens with one attached hydrogen (secondary N) is 1. The van der Waals surface area contributed by atoms with Gasteiger partial charge in [0.1, 0.15) is 5.52 Å². The molecule has 3 aromatic rings. The lowest BCUT2D eigenvalue weighted by Gasteiger charge is -2.22. The van der Waals surface area contributed by atoms with Crippen molar-refractivity contribution in [3.8, 4) is 0 Å². The van der Waals surface area contributed by atoms with Crippen LogP contribution in [0.25, 0.3) is 11.1 Å². The van der Waals surface area contributed by atoms with Crippen LogP contribution in [0.15, 0.2) is 41.1 Å². The van der Waals surface area contributed by atoms with Crippen molar-refractivity contribution >= 4 is 22.9 Å². The van der Waals surface area contributed by atoms with Crippen LogP contribution in [0.5, 0.6) is 0 Å². The molecule has 7 heteroatoms. The average molecular weight is 366 g/mol. The Morgan fingerprint density at radius 2 is 1.96 bits per heavy atom. The van der Waals surface area contributed by atoms with Crippen molar-refractivity contribution in [2.45, 2.75) is 19.8 Å². The normalized spacial score (nSPS) is 15.1. The molecule has 0 unspecified atom stereocenters. The second-order valence-corrected chi connectivity index (χ2v) is 6.84. The summed E-state index contributed by atoms with van der Waals surface area (Å²) in [6.07, 6.45) is 4.56. The second-order valence-electron chi connectivity index (χ2n) is 6.84. The number of amides is 2. The number of aromatic nitrogens is 2. The van der Waals surface area contributed by atoms with Gasteiger partial charge in [-0.25, -0.2) is 4.98 Å². The Morgan fingerprint density at radius 3 is 2.78 bits per heavy atom.